The molecule has 5 nitrogen and oxygen atoms in total. The smallest absolute Gasteiger partial charge is 0.205 e. The summed E-state index contributed by atoms with van der Waals surface area (Å²) in [6, 6.07) is 2.21. The van der Waals surface area contributed by atoms with Crippen molar-refractivity contribution < 1.29 is 0 Å². The van der Waals surface area contributed by atoms with E-state index >= 15 is 0 Å². The van der Waals surface area contributed by atoms with Crippen molar-refractivity contribution in [3.05, 3.63) is 21.8 Å². The van der Waals surface area contributed by atoms with Gasteiger partial charge in [-0.3, -0.25) is 0 Å². The second-order valence-electron chi connectivity index (χ2n) is 4.37. The van der Waals surface area contributed by atoms with Crippen LogP contribution in [0.2, 0.25) is 0 Å². The van der Waals surface area contributed by atoms with Crippen LogP contribution in [0.15, 0.2) is 0 Å². The quantitative estimate of drug-likeness (QED) is 0.917. The molecule has 0 saturated heterocycles. The number of fused-ring (bicyclic) bond motifs is 1. The predicted octanol–water partition coefficient (Wildman–Crippen LogP) is 2.18. The number of nitrogens with zero attached hydrogens (tertiary/aromatic N) is 4. The first-order valence-electron chi connectivity index (χ1n) is 6.10. The van der Waals surface area contributed by atoms with Gasteiger partial charge in [0.2, 0.25) is 5.13 Å². The molecule has 0 spiro atoms. The van der Waals surface area contributed by atoms with Crippen LogP contribution in [0.5, 0.6) is 0 Å². The van der Waals surface area contributed by atoms with Crippen molar-refractivity contribution in [3.63, 3.8) is 0 Å². The van der Waals surface area contributed by atoms with Crippen LogP contribution in [-0.4, -0.2) is 15.9 Å². The number of aryl methyl sites for hydroxylation is 1. The van der Waals surface area contributed by atoms with Gasteiger partial charge in [-0.2, -0.15) is 9.64 Å². The summed E-state index contributed by atoms with van der Waals surface area (Å²) in [6.45, 7) is 3.71. The van der Waals surface area contributed by atoms with Gasteiger partial charge in [0.25, 0.3) is 0 Å². The summed E-state index contributed by atoms with van der Waals surface area (Å²) in [5.41, 5.74) is 7.69. The zero-order valence-corrected chi connectivity index (χ0v) is 12.1. The largest absolute Gasteiger partial charge is 0.389 e. The van der Waals surface area contributed by atoms with Crippen molar-refractivity contribution in [2.75, 3.05) is 17.2 Å². The summed E-state index contributed by atoms with van der Waals surface area (Å²) in [6.07, 6.45) is 1.72. The molecule has 0 aromatic carbocycles. The number of aromatic nitrogens is 2. The van der Waals surface area contributed by atoms with Crippen LogP contribution in [-0.2, 0) is 19.4 Å². The molecule has 0 radical (unpaired) electrons. The first-order chi connectivity index (χ1) is 9.22. The fourth-order valence-corrected chi connectivity index (χ4v) is 4.09. The Hall–Kier alpha value is -1.65. The standard InChI is InChI=1S/C12H13N5S2/c1-2-10-15-12(19-16-10)17-4-3-7-8(5-13)11(14)18-9(7)6-17/h2-4,6,14H2,1H3. The van der Waals surface area contributed by atoms with Gasteiger partial charge >= 0.3 is 0 Å². The van der Waals surface area contributed by atoms with E-state index < -0.39 is 0 Å². The molecule has 3 rings (SSSR count). The highest BCUT2D eigenvalue weighted by Crippen LogP contribution is 2.36. The molecule has 0 fully saturated rings. The first-order valence-corrected chi connectivity index (χ1v) is 7.69. The molecule has 7 heteroatoms. The topological polar surface area (TPSA) is 78.8 Å². The molecule has 2 aromatic rings. The molecule has 0 saturated carbocycles. The highest BCUT2D eigenvalue weighted by atomic mass is 32.1. The molecule has 0 unspecified atom stereocenters. The van der Waals surface area contributed by atoms with E-state index in [9.17, 15) is 0 Å². The minimum atomic E-state index is 0.640. The normalized spacial score (nSPS) is 14.2. The molecule has 98 valence electrons. The third-order valence-electron chi connectivity index (χ3n) is 3.24. The summed E-state index contributed by atoms with van der Waals surface area (Å²) < 4.78 is 4.32. The maximum absolute atomic E-state index is 9.12. The number of thiophene rings is 1. The Morgan fingerprint density at radius 1 is 1.53 bits per heavy atom. The lowest BCUT2D eigenvalue weighted by Crippen LogP contribution is -2.29. The Morgan fingerprint density at radius 3 is 3.05 bits per heavy atom. The summed E-state index contributed by atoms with van der Waals surface area (Å²) in [4.78, 5) is 7.92. The predicted molar refractivity (Wildman–Crippen MR) is 77.5 cm³/mol. The summed E-state index contributed by atoms with van der Waals surface area (Å²) in [7, 11) is 0. The molecule has 0 amide bonds. The molecule has 3 heterocycles. The highest BCUT2D eigenvalue weighted by molar-refractivity contribution is 7.16. The minimum absolute atomic E-state index is 0.640. The number of rotatable bonds is 2. The Bertz CT molecular complexity index is 652. The van der Waals surface area contributed by atoms with Gasteiger partial charge in [0.1, 0.15) is 16.9 Å². The second kappa shape index (κ2) is 4.79. The molecule has 0 atom stereocenters. The molecule has 19 heavy (non-hydrogen) atoms. The third kappa shape index (κ3) is 2.07. The van der Waals surface area contributed by atoms with Crippen LogP contribution in [0.25, 0.3) is 0 Å². The molecule has 2 aromatic heterocycles. The van der Waals surface area contributed by atoms with Crippen LogP contribution in [0.1, 0.15) is 28.8 Å². The Balaban J connectivity index is 1.88. The lowest BCUT2D eigenvalue weighted by atomic mass is 10.0. The maximum Gasteiger partial charge on any atom is 0.205 e. The Kier molecular flexibility index (Phi) is 3.12. The molecule has 1 aliphatic rings. The van der Waals surface area contributed by atoms with Crippen molar-refractivity contribution >= 4 is 33.0 Å². The first kappa shape index (κ1) is 12.4. The SMILES string of the molecule is CCc1nsc(N2CCc3c(sc(N)c3C#N)C2)n1. The fourth-order valence-electron chi connectivity index (χ4n) is 2.23. The van der Waals surface area contributed by atoms with Crippen LogP contribution in [0, 0.1) is 11.3 Å². The van der Waals surface area contributed by atoms with Gasteiger partial charge in [0, 0.05) is 29.4 Å². The summed E-state index contributed by atoms with van der Waals surface area (Å²) >= 11 is 2.97. The van der Waals surface area contributed by atoms with E-state index in [0.717, 1.165) is 42.5 Å². The zero-order chi connectivity index (χ0) is 13.4. The van der Waals surface area contributed by atoms with Crippen molar-refractivity contribution in [3.8, 4) is 6.07 Å². The fraction of sp³-hybridized carbons (Fsp3) is 0.417. The maximum atomic E-state index is 9.12. The van der Waals surface area contributed by atoms with E-state index in [1.807, 2.05) is 0 Å². The van der Waals surface area contributed by atoms with Crippen molar-refractivity contribution in [1.29, 1.82) is 5.26 Å². The molecule has 1 aliphatic heterocycles. The van der Waals surface area contributed by atoms with E-state index in [1.54, 1.807) is 0 Å². The highest BCUT2D eigenvalue weighted by Gasteiger charge is 2.25. The van der Waals surface area contributed by atoms with Crippen molar-refractivity contribution in [1.82, 2.24) is 9.36 Å². The molecular formula is C12H13N5S2. The summed E-state index contributed by atoms with van der Waals surface area (Å²) in [5, 5.41) is 10.7. The van der Waals surface area contributed by atoms with Gasteiger partial charge in [-0.25, -0.2) is 4.98 Å². The number of nitrogens with two attached hydrogens (primary N) is 1. The van der Waals surface area contributed by atoms with Crippen molar-refractivity contribution in [2.24, 2.45) is 0 Å². The lowest BCUT2D eigenvalue weighted by Gasteiger charge is -2.25. The Labute approximate surface area is 119 Å². The van der Waals surface area contributed by atoms with Crippen molar-refractivity contribution in [2.45, 2.75) is 26.3 Å². The van der Waals surface area contributed by atoms with Crippen LogP contribution in [0.4, 0.5) is 10.1 Å². The molecule has 0 bridgehead atoms. The van der Waals surface area contributed by atoms with Crippen LogP contribution >= 0.6 is 22.9 Å². The van der Waals surface area contributed by atoms with E-state index in [1.165, 1.54) is 27.7 Å². The number of nitriles is 1. The zero-order valence-electron chi connectivity index (χ0n) is 10.5. The molecule has 2 N–H and O–H groups in total. The van der Waals surface area contributed by atoms with Gasteiger partial charge in [-0.05, 0) is 12.0 Å². The number of anilines is 2. The van der Waals surface area contributed by atoms with E-state index in [0.29, 0.717) is 10.6 Å². The van der Waals surface area contributed by atoms with Gasteiger partial charge in [0.15, 0.2) is 0 Å². The lowest BCUT2D eigenvalue weighted by molar-refractivity contribution is 0.738. The Morgan fingerprint density at radius 2 is 2.37 bits per heavy atom. The monoisotopic (exact) mass is 291 g/mol. The average molecular weight is 291 g/mol. The third-order valence-corrected chi connectivity index (χ3v) is 5.10. The van der Waals surface area contributed by atoms with Gasteiger partial charge in [-0.15, -0.1) is 11.3 Å². The summed E-state index contributed by atoms with van der Waals surface area (Å²) in [5.74, 6) is 0.897. The van der Waals surface area contributed by atoms with Gasteiger partial charge < -0.3 is 10.6 Å². The average Bonchev–Trinajstić information content (AvgIpc) is 3.00. The van der Waals surface area contributed by atoms with Crippen LogP contribution in [0.3, 0.4) is 0 Å². The number of hydrogen-bond donors (Lipinski definition) is 1. The number of nitrogen functional groups attached to an aromatic ring is 1. The van der Waals surface area contributed by atoms with E-state index in [4.69, 9.17) is 11.0 Å². The van der Waals surface area contributed by atoms with E-state index in [2.05, 4.69) is 27.3 Å². The molecular weight excluding hydrogens is 278 g/mol. The van der Waals surface area contributed by atoms with Crippen LogP contribution < -0.4 is 10.6 Å². The van der Waals surface area contributed by atoms with Gasteiger partial charge in [-0.1, -0.05) is 6.92 Å². The molecule has 0 aliphatic carbocycles. The van der Waals surface area contributed by atoms with E-state index in [-0.39, 0.29) is 0 Å². The minimum Gasteiger partial charge on any atom is -0.389 e. The van der Waals surface area contributed by atoms with Gasteiger partial charge in [0.05, 0.1) is 12.1 Å². The second-order valence-corrected chi connectivity index (χ2v) is 6.24. The number of hydrogen-bond acceptors (Lipinski definition) is 7.